The van der Waals surface area contributed by atoms with Gasteiger partial charge in [0.2, 0.25) is 15.9 Å². The van der Waals surface area contributed by atoms with Crippen LogP contribution >= 0.6 is 15.9 Å². The number of hydrogen-bond donors (Lipinski definition) is 0. The van der Waals surface area contributed by atoms with E-state index in [0.29, 0.717) is 31.6 Å². The minimum atomic E-state index is -3.67. The fourth-order valence-corrected chi connectivity index (χ4v) is 5.64. The van der Waals surface area contributed by atoms with Crippen molar-refractivity contribution in [1.82, 2.24) is 28.8 Å². The van der Waals surface area contributed by atoms with E-state index in [-0.39, 0.29) is 23.3 Å². The smallest absolute Gasteiger partial charge is 0.246 e. The molecular formula is C17H25BrN6O3S. The molecule has 1 amide bonds. The van der Waals surface area contributed by atoms with Crippen LogP contribution in [0.3, 0.4) is 0 Å². The highest BCUT2D eigenvalue weighted by Gasteiger charge is 2.36. The maximum absolute atomic E-state index is 13.0. The van der Waals surface area contributed by atoms with Gasteiger partial charge in [0.15, 0.2) is 0 Å². The van der Waals surface area contributed by atoms with Crippen molar-refractivity contribution in [2.24, 2.45) is 20.0 Å². The van der Waals surface area contributed by atoms with Crippen LogP contribution in [0.1, 0.15) is 24.2 Å². The molecule has 1 aliphatic heterocycles. The second kappa shape index (κ2) is 7.96. The van der Waals surface area contributed by atoms with Crippen LogP contribution in [0.4, 0.5) is 0 Å². The first-order chi connectivity index (χ1) is 13.1. The molecule has 0 radical (unpaired) electrons. The Morgan fingerprint density at radius 3 is 2.54 bits per heavy atom. The highest BCUT2D eigenvalue weighted by molar-refractivity contribution is 9.10. The van der Waals surface area contributed by atoms with E-state index in [4.69, 9.17) is 0 Å². The predicted molar refractivity (Wildman–Crippen MR) is 107 cm³/mol. The maximum atomic E-state index is 13.0. The first kappa shape index (κ1) is 21.0. The van der Waals surface area contributed by atoms with Crippen LogP contribution in [0, 0.1) is 12.8 Å². The molecular weight excluding hydrogens is 448 g/mol. The van der Waals surface area contributed by atoms with Crippen molar-refractivity contribution in [2.75, 3.05) is 20.1 Å². The molecule has 0 saturated carbocycles. The van der Waals surface area contributed by atoms with Crippen LogP contribution in [0.5, 0.6) is 0 Å². The molecule has 1 fully saturated rings. The van der Waals surface area contributed by atoms with E-state index in [1.54, 1.807) is 41.5 Å². The Morgan fingerprint density at radius 1 is 1.29 bits per heavy atom. The quantitative estimate of drug-likeness (QED) is 0.653. The number of aromatic nitrogens is 4. The summed E-state index contributed by atoms with van der Waals surface area (Å²) in [4.78, 5) is 14.8. The van der Waals surface area contributed by atoms with Gasteiger partial charge in [-0.1, -0.05) is 0 Å². The van der Waals surface area contributed by atoms with E-state index in [1.807, 2.05) is 7.05 Å². The summed E-state index contributed by atoms with van der Waals surface area (Å²) < 4.78 is 31.6. The molecule has 154 valence electrons. The molecule has 0 aliphatic carbocycles. The fraction of sp³-hybridized carbons (Fsp3) is 0.588. The van der Waals surface area contributed by atoms with Gasteiger partial charge in [-0.3, -0.25) is 14.2 Å². The second-order valence-corrected chi connectivity index (χ2v) is 9.94. The summed E-state index contributed by atoms with van der Waals surface area (Å²) in [6.07, 6.45) is 4.40. The summed E-state index contributed by atoms with van der Waals surface area (Å²) in [5, 5.41) is 8.21. The van der Waals surface area contributed by atoms with E-state index >= 15 is 0 Å². The Morgan fingerprint density at radius 2 is 1.96 bits per heavy atom. The van der Waals surface area contributed by atoms with Gasteiger partial charge >= 0.3 is 0 Å². The molecule has 3 heterocycles. The van der Waals surface area contributed by atoms with Gasteiger partial charge in [0, 0.05) is 34.2 Å². The van der Waals surface area contributed by atoms with E-state index in [2.05, 4.69) is 26.1 Å². The number of piperidine rings is 1. The van der Waals surface area contributed by atoms with Gasteiger partial charge in [0.05, 0.1) is 40.7 Å². The Bertz CT molecular complexity index is 964. The summed E-state index contributed by atoms with van der Waals surface area (Å²) >= 11 is 3.44. The van der Waals surface area contributed by atoms with Crippen molar-refractivity contribution in [3.63, 3.8) is 0 Å². The molecule has 1 aliphatic rings. The number of nitrogens with zero attached hydrogens (tertiary/aromatic N) is 6. The minimum Gasteiger partial charge on any atom is -0.340 e. The zero-order chi connectivity index (χ0) is 20.6. The third kappa shape index (κ3) is 3.87. The van der Waals surface area contributed by atoms with Gasteiger partial charge in [0.25, 0.3) is 0 Å². The van der Waals surface area contributed by atoms with Crippen LogP contribution in [0.15, 0.2) is 21.8 Å². The lowest BCUT2D eigenvalue weighted by Crippen LogP contribution is -2.45. The van der Waals surface area contributed by atoms with Crippen LogP contribution in [-0.4, -0.2) is 63.2 Å². The van der Waals surface area contributed by atoms with Crippen molar-refractivity contribution in [3.05, 3.63) is 28.3 Å². The van der Waals surface area contributed by atoms with Crippen molar-refractivity contribution in [1.29, 1.82) is 0 Å². The first-order valence-electron chi connectivity index (χ1n) is 9.03. The summed E-state index contributed by atoms with van der Waals surface area (Å²) in [6.45, 7) is 2.73. The number of rotatable bonds is 5. The molecule has 0 N–H and O–H groups in total. The average Bonchev–Trinajstić information content (AvgIpc) is 3.17. The number of carbonyl (C=O) groups excluding carboxylic acids is 1. The van der Waals surface area contributed by atoms with Gasteiger partial charge in [-0.25, -0.2) is 8.42 Å². The molecule has 1 atom stereocenters. The number of hydrogen-bond acceptors (Lipinski definition) is 5. The lowest BCUT2D eigenvalue weighted by atomic mass is 9.98. The Kier molecular flexibility index (Phi) is 5.97. The number of sulfonamides is 1. The molecule has 1 saturated heterocycles. The zero-order valence-electron chi connectivity index (χ0n) is 16.5. The highest BCUT2D eigenvalue weighted by Crippen LogP contribution is 2.27. The Hall–Kier alpha value is -1.72. The molecule has 2 aromatic heterocycles. The van der Waals surface area contributed by atoms with Crippen molar-refractivity contribution < 1.29 is 13.2 Å². The third-order valence-corrected chi connectivity index (χ3v) is 7.95. The number of amides is 1. The van der Waals surface area contributed by atoms with E-state index in [1.165, 1.54) is 10.5 Å². The van der Waals surface area contributed by atoms with E-state index in [0.717, 1.165) is 10.2 Å². The maximum Gasteiger partial charge on any atom is 0.246 e. The van der Waals surface area contributed by atoms with Gasteiger partial charge in [0.1, 0.15) is 4.90 Å². The van der Waals surface area contributed by atoms with E-state index in [9.17, 15) is 13.2 Å². The van der Waals surface area contributed by atoms with Crippen LogP contribution in [-0.2, 0) is 35.5 Å². The molecule has 0 bridgehead atoms. The molecule has 0 unspecified atom stereocenters. The third-order valence-electron chi connectivity index (χ3n) is 5.32. The summed E-state index contributed by atoms with van der Waals surface area (Å²) in [5.74, 6) is -0.423. The second-order valence-electron chi connectivity index (χ2n) is 7.18. The van der Waals surface area contributed by atoms with Gasteiger partial charge in [-0.15, -0.1) is 0 Å². The zero-order valence-corrected chi connectivity index (χ0v) is 18.9. The first-order valence-corrected chi connectivity index (χ1v) is 11.3. The predicted octanol–water partition coefficient (Wildman–Crippen LogP) is 1.28. The van der Waals surface area contributed by atoms with Crippen LogP contribution < -0.4 is 0 Å². The highest BCUT2D eigenvalue weighted by atomic mass is 79.9. The van der Waals surface area contributed by atoms with Crippen molar-refractivity contribution in [3.8, 4) is 0 Å². The molecule has 0 spiro atoms. The number of aryl methyl sites for hydroxylation is 2. The standard InChI is InChI=1S/C17H25BrN6O3S/c1-12-16(9-20-22(12)3)28(26,27)24-7-5-6-13(10-24)17(25)21(2)11-15-14(18)8-19-23(15)4/h8-9,13H,5-7,10-11H2,1-4H3/t13-/m0/s1. The van der Waals surface area contributed by atoms with Gasteiger partial charge < -0.3 is 4.90 Å². The van der Waals surface area contributed by atoms with Crippen LogP contribution in [0.2, 0.25) is 0 Å². The van der Waals surface area contributed by atoms with Gasteiger partial charge in [-0.2, -0.15) is 14.5 Å². The number of halogens is 1. The molecule has 2 aromatic rings. The van der Waals surface area contributed by atoms with E-state index < -0.39 is 10.0 Å². The molecule has 3 rings (SSSR count). The number of carbonyl (C=O) groups is 1. The van der Waals surface area contributed by atoms with Gasteiger partial charge in [-0.05, 0) is 35.7 Å². The molecule has 9 nitrogen and oxygen atoms in total. The normalized spacial score (nSPS) is 18.4. The monoisotopic (exact) mass is 472 g/mol. The summed E-state index contributed by atoms with van der Waals surface area (Å²) in [7, 11) is 1.60. The summed E-state index contributed by atoms with van der Waals surface area (Å²) in [6, 6.07) is 0. The Balaban J connectivity index is 1.74. The topological polar surface area (TPSA) is 93.3 Å². The van der Waals surface area contributed by atoms with Crippen molar-refractivity contribution >= 4 is 31.9 Å². The molecule has 0 aromatic carbocycles. The van der Waals surface area contributed by atoms with Crippen LogP contribution in [0.25, 0.3) is 0 Å². The Labute approximate surface area is 173 Å². The average molecular weight is 473 g/mol. The lowest BCUT2D eigenvalue weighted by Gasteiger charge is -2.33. The molecule has 11 heteroatoms. The molecule has 28 heavy (non-hydrogen) atoms. The SMILES string of the molecule is Cc1c(S(=O)(=O)N2CCC[C@H](C(=O)N(C)Cc3c(Br)cnn3C)C2)cnn1C. The lowest BCUT2D eigenvalue weighted by molar-refractivity contribution is -0.136. The fourth-order valence-electron chi connectivity index (χ4n) is 3.46. The largest absolute Gasteiger partial charge is 0.340 e. The summed E-state index contributed by atoms with van der Waals surface area (Å²) in [5.41, 5.74) is 1.48. The minimum absolute atomic E-state index is 0.0593. The van der Waals surface area contributed by atoms with Crippen molar-refractivity contribution in [2.45, 2.75) is 31.2 Å².